The molecular formula is C17H18N4O5S. The van der Waals surface area contributed by atoms with Gasteiger partial charge in [0.1, 0.15) is 18.5 Å². The Kier molecular flexibility index (Phi) is 6.41. The number of thiocyanates is 1. The molecule has 1 aliphatic heterocycles. The molecule has 9 nitrogen and oxygen atoms in total. The average molecular weight is 390 g/mol. The van der Waals surface area contributed by atoms with Crippen LogP contribution in [0.5, 0.6) is 0 Å². The summed E-state index contributed by atoms with van der Waals surface area (Å²) < 4.78 is 4.85. The molecule has 1 fully saturated rings. The van der Waals surface area contributed by atoms with Gasteiger partial charge in [0.25, 0.3) is 11.8 Å². The normalized spacial score (nSPS) is 13.6. The quantitative estimate of drug-likeness (QED) is 0.336. The zero-order chi connectivity index (χ0) is 20.1. The predicted octanol–water partition coefficient (Wildman–Crippen LogP) is 1.25. The molecule has 142 valence electrons. The van der Waals surface area contributed by atoms with Crippen LogP contribution in [0.3, 0.4) is 0 Å². The Morgan fingerprint density at radius 2 is 1.93 bits per heavy atom. The van der Waals surface area contributed by atoms with Crippen molar-refractivity contribution in [3.63, 3.8) is 0 Å². The number of nitrogens with zero attached hydrogens (tertiary/aromatic N) is 3. The summed E-state index contributed by atoms with van der Waals surface area (Å²) in [5.41, 5.74) is 2.11. The number of benzene rings is 1. The van der Waals surface area contributed by atoms with Crippen molar-refractivity contribution in [2.45, 2.75) is 18.7 Å². The number of carbonyl (C=O) groups excluding carboxylic acids is 4. The fourth-order valence-corrected chi connectivity index (χ4v) is 3.13. The first-order chi connectivity index (χ1) is 12.7. The first-order valence-corrected chi connectivity index (χ1v) is 8.72. The van der Waals surface area contributed by atoms with E-state index in [1.807, 2.05) is 5.40 Å². The van der Waals surface area contributed by atoms with E-state index in [0.717, 1.165) is 32.7 Å². The molecule has 1 aliphatic rings. The second-order valence-corrected chi connectivity index (χ2v) is 6.81. The summed E-state index contributed by atoms with van der Waals surface area (Å²) in [7, 11) is 1.45. The topological polar surface area (TPSA) is 120 Å². The van der Waals surface area contributed by atoms with Gasteiger partial charge in [0.15, 0.2) is 6.61 Å². The molecular weight excluding hydrogens is 372 g/mol. The minimum atomic E-state index is -0.851. The summed E-state index contributed by atoms with van der Waals surface area (Å²) in [6.07, 6.45) is 0. The van der Waals surface area contributed by atoms with E-state index < -0.39 is 37.0 Å². The summed E-state index contributed by atoms with van der Waals surface area (Å²) in [5.74, 6) is -1.90. The molecule has 0 atom stereocenters. The van der Waals surface area contributed by atoms with Gasteiger partial charge >= 0.3 is 12.0 Å². The third-order valence-electron chi connectivity index (χ3n) is 3.82. The van der Waals surface area contributed by atoms with Gasteiger partial charge in [0, 0.05) is 17.6 Å². The van der Waals surface area contributed by atoms with Gasteiger partial charge in [-0.25, -0.2) is 4.79 Å². The molecule has 0 unspecified atom stereocenters. The molecule has 1 aromatic rings. The smallest absolute Gasteiger partial charge is 0.327 e. The number of hydrogen-bond donors (Lipinski definition) is 1. The first-order valence-electron chi connectivity index (χ1n) is 7.91. The number of likely N-dealkylation sites (N-methyl/N-ethyl adjacent to an activating group) is 1. The molecule has 10 heteroatoms. The van der Waals surface area contributed by atoms with Crippen LogP contribution in [0.25, 0.3) is 0 Å². The van der Waals surface area contributed by atoms with Gasteiger partial charge in [0.05, 0.1) is 0 Å². The van der Waals surface area contributed by atoms with Crippen LogP contribution < -0.4 is 5.32 Å². The number of nitrogens with one attached hydrogen (secondary N) is 1. The Hall–Kier alpha value is -3.06. The lowest BCUT2D eigenvalue weighted by molar-refractivity contribution is -0.149. The SMILES string of the molecule is Cc1cc(SC#N)cc(C)c1NC(=O)COC(=O)CN1C(=O)CN(C)C1=O. The van der Waals surface area contributed by atoms with E-state index in [2.05, 4.69) is 5.32 Å². The maximum absolute atomic E-state index is 12.0. The van der Waals surface area contributed by atoms with Crippen molar-refractivity contribution in [3.05, 3.63) is 23.3 Å². The lowest BCUT2D eigenvalue weighted by Crippen LogP contribution is -2.37. The Balaban J connectivity index is 1.89. The maximum atomic E-state index is 12.0. The highest BCUT2D eigenvalue weighted by Crippen LogP contribution is 2.27. The number of carbonyl (C=O) groups is 4. The van der Waals surface area contributed by atoms with Crippen LogP contribution >= 0.6 is 11.8 Å². The van der Waals surface area contributed by atoms with Crippen molar-refractivity contribution in [1.29, 1.82) is 5.26 Å². The van der Waals surface area contributed by atoms with E-state index in [-0.39, 0.29) is 6.54 Å². The van der Waals surface area contributed by atoms with E-state index in [9.17, 15) is 19.2 Å². The standard InChI is InChI=1S/C17H18N4O5S/c1-10-4-12(27-9-18)5-11(2)16(10)19-13(22)8-26-15(24)7-21-14(23)6-20(3)17(21)25/h4-5H,6-8H2,1-3H3,(H,19,22). The summed E-state index contributed by atoms with van der Waals surface area (Å²) >= 11 is 1.02. The summed E-state index contributed by atoms with van der Waals surface area (Å²) in [6, 6.07) is 2.95. The van der Waals surface area contributed by atoms with E-state index in [4.69, 9.17) is 10.00 Å². The molecule has 0 radical (unpaired) electrons. The van der Waals surface area contributed by atoms with Gasteiger partial charge in [-0.05, 0) is 48.9 Å². The number of amides is 4. The summed E-state index contributed by atoms with van der Waals surface area (Å²) in [4.78, 5) is 49.9. The zero-order valence-corrected chi connectivity index (χ0v) is 15.9. The molecule has 0 bridgehead atoms. The van der Waals surface area contributed by atoms with Crippen LogP contribution in [0.4, 0.5) is 10.5 Å². The third kappa shape index (κ3) is 4.98. The summed E-state index contributed by atoms with van der Waals surface area (Å²) in [5, 5.41) is 13.4. The fraction of sp³-hybridized carbons (Fsp3) is 0.353. The highest BCUT2D eigenvalue weighted by molar-refractivity contribution is 8.03. The Labute approximate surface area is 160 Å². The van der Waals surface area contributed by atoms with Crippen LogP contribution in [-0.4, -0.2) is 60.4 Å². The minimum absolute atomic E-state index is 0.0920. The number of thioether (sulfide) groups is 1. The number of aryl methyl sites for hydroxylation is 2. The lowest BCUT2D eigenvalue weighted by Gasteiger charge is -2.14. The van der Waals surface area contributed by atoms with Crippen molar-refractivity contribution in [2.24, 2.45) is 0 Å². The molecule has 2 rings (SSSR count). The Morgan fingerprint density at radius 3 is 2.44 bits per heavy atom. The van der Waals surface area contributed by atoms with Crippen molar-refractivity contribution in [1.82, 2.24) is 9.80 Å². The van der Waals surface area contributed by atoms with Crippen molar-refractivity contribution < 1.29 is 23.9 Å². The van der Waals surface area contributed by atoms with Crippen LogP contribution in [0.15, 0.2) is 17.0 Å². The second-order valence-electron chi connectivity index (χ2n) is 5.95. The fourth-order valence-electron chi connectivity index (χ4n) is 2.55. The Morgan fingerprint density at radius 1 is 1.30 bits per heavy atom. The number of rotatable bonds is 6. The molecule has 0 spiro atoms. The van der Waals surface area contributed by atoms with Crippen LogP contribution in [0, 0.1) is 24.5 Å². The number of nitriles is 1. The number of hydrogen-bond acceptors (Lipinski definition) is 7. The van der Waals surface area contributed by atoms with E-state index >= 15 is 0 Å². The van der Waals surface area contributed by atoms with Crippen LogP contribution in [0.1, 0.15) is 11.1 Å². The third-order valence-corrected chi connectivity index (χ3v) is 4.38. The minimum Gasteiger partial charge on any atom is -0.454 e. The molecule has 0 aromatic heterocycles. The van der Waals surface area contributed by atoms with Crippen molar-refractivity contribution >= 4 is 41.3 Å². The van der Waals surface area contributed by atoms with E-state index in [1.54, 1.807) is 26.0 Å². The summed E-state index contributed by atoms with van der Waals surface area (Å²) in [6.45, 7) is 2.41. The average Bonchev–Trinajstić information content (AvgIpc) is 2.83. The number of ether oxygens (including phenoxy) is 1. The first kappa shape index (κ1) is 20.3. The molecule has 0 aliphatic carbocycles. The predicted molar refractivity (Wildman–Crippen MR) is 96.7 cm³/mol. The number of imide groups is 1. The van der Waals surface area contributed by atoms with Crippen LogP contribution in [0.2, 0.25) is 0 Å². The molecule has 4 amide bonds. The maximum Gasteiger partial charge on any atom is 0.327 e. The monoisotopic (exact) mass is 390 g/mol. The van der Waals surface area contributed by atoms with Crippen LogP contribution in [-0.2, 0) is 19.1 Å². The van der Waals surface area contributed by atoms with Gasteiger partial charge in [-0.3, -0.25) is 19.3 Å². The zero-order valence-electron chi connectivity index (χ0n) is 15.1. The van der Waals surface area contributed by atoms with Gasteiger partial charge in [0.2, 0.25) is 0 Å². The molecule has 0 saturated carbocycles. The van der Waals surface area contributed by atoms with Crippen molar-refractivity contribution in [3.8, 4) is 5.40 Å². The molecule has 1 aromatic carbocycles. The van der Waals surface area contributed by atoms with Gasteiger partial charge < -0.3 is 15.0 Å². The number of esters is 1. The van der Waals surface area contributed by atoms with Crippen molar-refractivity contribution in [2.75, 3.05) is 32.1 Å². The molecule has 1 heterocycles. The molecule has 27 heavy (non-hydrogen) atoms. The largest absolute Gasteiger partial charge is 0.454 e. The Bertz CT molecular complexity index is 825. The lowest BCUT2D eigenvalue weighted by atomic mass is 10.1. The van der Waals surface area contributed by atoms with Gasteiger partial charge in [-0.1, -0.05) is 0 Å². The molecule has 1 saturated heterocycles. The highest BCUT2D eigenvalue weighted by atomic mass is 32.2. The number of anilines is 1. The number of urea groups is 1. The molecule has 1 N–H and O–H groups in total. The van der Waals surface area contributed by atoms with Gasteiger partial charge in [-0.15, -0.1) is 0 Å². The second kappa shape index (κ2) is 8.55. The van der Waals surface area contributed by atoms with E-state index in [0.29, 0.717) is 5.69 Å². The van der Waals surface area contributed by atoms with Gasteiger partial charge in [-0.2, -0.15) is 5.26 Å². The van der Waals surface area contributed by atoms with E-state index in [1.165, 1.54) is 11.9 Å². The highest BCUT2D eigenvalue weighted by Gasteiger charge is 2.35.